The van der Waals surface area contributed by atoms with Crippen LogP contribution in [0.3, 0.4) is 0 Å². The highest BCUT2D eigenvalue weighted by molar-refractivity contribution is 7.90. The lowest BCUT2D eigenvalue weighted by atomic mass is 9.97. The molecule has 1 atom stereocenters. The predicted molar refractivity (Wildman–Crippen MR) is 88.5 cm³/mol. The number of hydrogen-bond donors (Lipinski definition) is 1. The van der Waals surface area contributed by atoms with E-state index in [2.05, 4.69) is 0 Å². The third kappa shape index (κ3) is 4.77. The van der Waals surface area contributed by atoms with Gasteiger partial charge in [0.2, 0.25) is 0 Å². The standard InChI is InChI=1S/C17H21FN2O4S/c1-2-15(24-12-7-4-3-5-8-12)17(21)20-25(22,23)16-10-6-9-14(18)13(16)11-19/h6,9-10,12,15H,2-5,7-8H2,1H3,(H,20,21). The summed E-state index contributed by atoms with van der Waals surface area (Å²) in [6.45, 7) is 1.72. The molecule has 136 valence electrons. The number of nitriles is 1. The zero-order chi connectivity index (χ0) is 18.4. The molecular weight excluding hydrogens is 347 g/mol. The number of nitrogens with zero attached hydrogens (tertiary/aromatic N) is 1. The average molecular weight is 368 g/mol. The van der Waals surface area contributed by atoms with Crippen LogP contribution in [0.5, 0.6) is 0 Å². The van der Waals surface area contributed by atoms with Crippen molar-refractivity contribution in [2.75, 3.05) is 0 Å². The molecule has 8 heteroatoms. The van der Waals surface area contributed by atoms with Gasteiger partial charge in [0.05, 0.1) is 6.10 Å². The number of halogens is 1. The molecule has 1 saturated carbocycles. The molecule has 0 saturated heterocycles. The van der Waals surface area contributed by atoms with Crippen LogP contribution in [0.2, 0.25) is 0 Å². The molecule has 0 bridgehead atoms. The van der Waals surface area contributed by atoms with Gasteiger partial charge in [-0.3, -0.25) is 4.79 Å². The largest absolute Gasteiger partial charge is 0.365 e. The van der Waals surface area contributed by atoms with Crippen LogP contribution in [0.4, 0.5) is 4.39 Å². The fourth-order valence-corrected chi connectivity index (χ4v) is 4.04. The topological polar surface area (TPSA) is 96.3 Å². The Morgan fingerprint density at radius 2 is 2.08 bits per heavy atom. The number of sulfonamides is 1. The van der Waals surface area contributed by atoms with Crippen molar-refractivity contribution < 1.29 is 22.3 Å². The Balaban J connectivity index is 2.14. The first kappa shape index (κ1) is 19.3. The second-order valence-electron chi connectivity index (χ2n) is 5.99. The van der Waals surface area contributed by atoms with Gasteiger partial charge in [-0.15, -0.1) is 0 Å². The summed E-state index contributed by atoms with van der Waals surface area (Å²) in [5, 5.41) is 8.98. The lowest BCUT2D eigenvalue weighted by molar-refractivity contribution is -0.136. The molecule has 2 rings (SSSR count). The normalized spacial score (nSPS) is 16.8. The van der Waals surface area contributed by atoms with Gasteiger partial charge in [0.25, 0.3) is 15.9 Å². The van der Waals surface area contributed by atoms with Gasteiger partial charge in [0, 0.05) is 0 Å². The Bertz CT molecular complexity index is 767. The van der Waals surface area contributed by atoms with Crippen LogP contribution in [0.15, 0.2) is 23.1 Å². The van der Waals surface area contributed by atoms with Crippen molar-refractivity contribution in [3.63, 3.8) is 0 Å². The molecule has 1 aromatic rings. The number of carbonyl (C=O) groups is 1. The molecule has 1 aliphatic rings. The number of nitrogens with one attached hydrogen (secondary N) is 1. The van der Waals surface area contributed by atoms with Crippen LogP contribution in [0.1, 0.15) is 51.0 Å². The maximum Gasteiger partial charge on any atom is 0.265 e. The minimum atomic E-state index is -4.36. The molecule has 25 heavy (non-hydrogen) atoms. The van der Waals surface area contributed by atoms with Crippen molar-refractivity contribution in [2.24, 2.45) is 0 Å². The van der Waals surface area contributed by atoms with Crippen molar-refractivity contribution in [3.8, 4) is 6.07 Å². The minimum Gasteiger partial charge on any atom is -0.365 e. The molecular formula is C17H21FN2O4S. The Kier molecular flexibility index (Phi) is 6.51. The maximum atomic E-state index is 13.6. The number of rotatable bonds is 6. The van der Waals surface area contributed by atoms with E-state index in [1.807, 2.05) is 4.72 Å². The summed E-state index contributed by atoms with van der Waals surface area (Å²) in [5.74, 6) is -1.76. The van der Waals surface area contributed by atoms with Crippen LogP contribution in [-0.2, 0) is 19.6 Å². The number of carbonyl (C=O) groups excluding carboxylic acids is 1. The summed E-state index contributed by atoms with van der Waals surface area (Å²) in [4.78, 5) is 11.8. The van der Waals surface area contributed by atoms with E-state index in [9.17, 15) is 17.6 Å². The number of ether oxygens (including phenoxy) is 1. The van der Waals surface area contributed by atoms with E-state index in [4.69, 9.17) is 10.00 Å². The van der Waals surface area contributed by atoms with Gasteiger partial charge in [-0.05, 0) is 31.4 Å². The van der Waals surface area contributed by atoms with Crippen LogP contribution < -0.4 is 4.72 Å². The first-order valence-electron chi connectivity index (χ1n) is 8.29. The Hall–Kier alpha value is -1.98. The van der Waals surface area contributed by atoms with Gasteiger partial charge in [-0.2, -0.15) is 5.26 Å². The van der Waals surface area contributed by atoms with Crippen molar-refractivity contribution >= 4 is 15.9 Å². The molecule has 0 aliphatic heterocycles. The molecule has 1 N–H and O–H groups in total. The summed E-state index contributed by atoms with van der Waals surface area (Å²) >= 11 is 0. The van der Waals surface area contributed by atoms with Crippen LogP contribution >= 0.6 is 0 Å². The second-order valence-corrected chi connectivity index (χ2v) is 7.64. The van der Waals surface area contributed by atoms with E-state index < -0.39 is 38.3 Å². The quantitative estimate of drug-likeness (QED) is 0.833. The molecule has 0 radical (unpaired) electrons. The van der Waals surface area contributed by atoms with E-state index in [-0.39, 0.29) is 6.10 Å². The summed E-state index contributed by atoms with van der Waals surface area (Å²) in [6.07, 6.45) is 4.22. The molecule has 0 spiro atoms. The molecule has 0 aromatic heterocycles. The van der Waals surface area contributed by atoms with Gasteiger partial charge in [0.1, 0.15) is 28.4 Å². The van der Waals surface area contributed by atoms with Gasteiger partial charge < -0.3 is 4.74 Å². The number of amides is 1. The van der Waals surface area contributed by atoms with Gasteiger partial charge in [0.15, 0.2) is 0 Å². The molecule has 1 aliphatic carbocycles. The van der Waals surface area contributed by atoms with Gasteiger partial charge >= 0.3 is 0 Å². The SMILES string of the molecule is CCC(OC1CCCCC1)C(=O)NS(=O)(=O)c1cccc(F)c1C#N. The number of benzene rings is 1. The molecule has 1 fully saturated rings. The van der Waals surface area contributed by atoms with Crippen molar-refractivity contribution in [1.82, 2.24) is 4.72 Å². The Morgan fingerprint density at radius 1 is 1.40 bits per heavy atom. The summed E-state index contributed by atoms with van der Waals surface area (Å²) in [5.41, 5.74) is -0.621. The summed E-state index contributed by atoms with van der Waals surface area (Å²) in [7, 11) is -4.36. The first-order valence-corrected chi connectivity index (χ1v) is 9.78. The first-order chi connectivity index (χ1) is 11.9. The van der Waals surface area contributed by atoms with Gasteiger partial charge in [-0.1, -0.05) is 32.3 Å². The third-order valence-electron chi connectivity index (χ3n) is 4.18. The smallest absolute Gasteiger partial charge is 0.265 e. The van der Waals surface area contributed by atoms with Crippen LogP contribution in [-0.4, -0.2) is 26.5 Å². The fourth-order valence-electron chi connectivity index (χ4n) is 2.87. The molecule has 1 unspecified atom stereocenters. The average Bonchev–Trinajstić information content (AvgIpc) is 2.59. The third-order valence-corrected chi connectivity index (χ3v) is 5.57. The van der Waals surface area contributed by atoms with E-state index in [1.54, 1.807) is 6.92 Å². The fraction of sp³-hybridized carbons (Fsp3) is 0.529. The van der Waals surface area contributed by atoms with E-state index >= 15 is 0 Å². The van der Waals surface area contributed by atoms with Crippen molar-refractivity contribution in [1.29, 1.82) is 5.26 Å². The van der Waals surface area contributed by atoms with Crippen molar-refractivity contribution in [2.45, 2.75) is 62.6 Å². The van der Waals surface area contributed by atoms with Gasteiger partial charge in [-0.25, -0.2) is 17.5 Å². The van der Waals surface area contributed by atoms with Crippen LogP contribution in [0.25, 0.3) is 0 Å². The highest BCUT2D eigenvalue weighted by atomic mass is 32.2. The Labute approximate surface area is 147 Å². The molecule has 6 nitrogen and oxygen atoms in total. The van der Waals surface area contributed by atoms with E-state index in [1.165, 1.54) is 12.1 Å². The Morgan fingerprint density at radius 3 is 2.68 bits per heavy atom. The highest BCUT2D eigenvalue weighted by Gasteiger charge is 2.29. The zero-order valence-corrected chi connectivity index (χ0v) is 14.8. The minimum absolute atomic E-state index is 0.0593. The lowest BCUT2D eigenvalue weighted by Gasteiger charge is -2.26. The van der Waals surface area contributed by atoms with Crippen molar-refractivity contribution in [3.05, 3.63) is 29.6 Å². The van der Waals surface area contributed by atoms with E-state index in [0.29, 0.717) is 6.42 Å². The highest BCUT2D eigenvalue weighted by Crippen LogP contribution is 2.23. The molecule has 1 aromatic carbocycles. The number of hydrogen-bond acceptors (Lipinski definition) is 5. The lowest BCUT2D eigenvalue weighted by Crippen LogP contribution is -2.41. The van der Waals surface area contributed by atoms with E-state index in [0.717, 1.165) is 44.2 Å². The maximum absolute atomic E-state index is 13.6. The summed E-state index contributed by atoms with van der Waals surface area (Å²) in [6, 6.07) is 4.76. The predicted octanol–water partition coefficient (Wildman–Crippen LogP) is 2.63. The van der Waals surface area contributed by atoms with Crippen LogP contribution in [0, 0.1) is 17.1 Å². The zero-order valence-electron chi connectivity index (χ0n) is 14.0. The second kappa shape index (κ2) is 8.41. The summed E-state index contributed by atoms with van der Waals surface area (Å²) < 4.78 is 46.0. The monoisotopic (exact) mass is 368 g/mol. The molecule has 1 amide bonds. The molecule has 0 heterocycles.